The molecule has 1 amide bonds. The first-order chi connectivity index (χ1) is 10.3. The minimum atomic E-state index is -3.22. The molecular formula is C14H18ClN3O3S2. The van der Waals surface area contributed by atoms with Crippen LogP contribution in [0.3, 0.4) is 0 Å². The van der Waals surface area contributed by atoms with Gasteiger partial charge in [-0.05, 0) is 24.6 Å². The number of sulfone groups is 1. The first-order valence-electron chi connectivity index (χ1n) is 6.56. The third-order valence-electron chi connectivity index (χ3n) is 3.11. The molecule has 1 aromatic carbocycles. The lowest BCUT2D eigenvalue weighted by molar-refractivity contribution is 0.0935. The number of hydrogen-bond acceptors (Lipinski definition) is 6. The largest absolute Gasteiger partial charge is 0.344 e. The Kier molecular flexibility index (Phi) is 6.69. The summed E-state index contributed by atoms with van der Waals surface area (Å²) in [5, 5.41) is 5.19. The van der Waals surface area contributed by atoms with Gasteiger partial charge in [0.05, 0.1) is 10.9 Å². The maximum atomic E-state index is 12.1. The van der Waals surface area contributed by atoms with Gasteiger partial charge in [0.25, 0.3) is 5.91 Å². The highest BCUT2D eigenvalue weighted by molar-refractivity contribution is 7.90. The van der Waals surface area contributed by atoms with E-state index in [0.29, 0.717) is 17.2 Å². The lowest BCUT2D eigenvalue weighted by atomic mass is 10.1. The SMILES string of the molecule is CC(NC(=O)c1csc(CN)n1)c1ccc(S(C)(=O)=O)cc1.Cl. The highest BCUT2D eigenvalue weighted by Crippen LogP contribution is 2.17. The number of nitrogens with one attached hydrogen (secondary N) is 1. The quantitative estimate of drug-likeness (QED) is 0.831. The smallest absolute Gasteiger partial charge is 0.271 e. The molecule has 6 nitrogen and oxygen atoms in total. The van der Waals surface area contributed by atoms with Crippen LogP contribution in [-0.2, 0) is 16.4 Å². The molecule has 0 saturated heterocycles. The summed E-state index contributed by atoms with van der Waals surface area (Å²) in [7, 11) is -3.22. The monoisotopic (exact) mass is 375 g/mol. The zero-order valence-electron chi connectivity index (χ0n) is 12.6. The van der Waals surface area contributed by atoms with E-state index in [1.807, 2.05) is 6.92 Å². The van der Waals surface area contributed by atoms with Gasteiger partial charge in [0.15, 0.2) is 9.84 Å². The minimum Gasteiger partial charge on any atom is -0.344 e. The molecule has 1 aromatic heterocycles. The highest BCUT2D eigenvalue weighted by atomic mass is 35.5. The van der Waals surface area contributed by atoms with Crippen molar-refractivity contribution in [2.75, 3.05) is 6.26 Å². The van der Waals surface area contributed by atoms with Crippen LogP contribution >= 0.6 is 23.7 Å². The lowest BCUT2D eigenvalue weighted by Gasteiger charge is -2.13. The summed E-state index contributed by atoms with van der Waals surface area (Å²) in [6.07, 6.45) is 1.16. The summed E-state index contributed by atoms with van der Waals surface area (Å²) in [4.78, 5) is 16.5. The van der Waals surface area contributed by atoms with E-state index in [4.69, 9.17) is 5.73 Å². The van der Waals surface area contributed by atoms with Crippen molar-refractivity contribution in [2.24, 2.45) is 5.73 Å². The van der Waals surface area contributed by atoms with Crippen LogP contribution in [0.25, 0.3) is 0 Å². The molecule has 0 aliphatic carbocycles. The first-order valence-corrected chi connectivity index (χ1v) is 9.33. The van der Waals surface area contributed by atoms with Gasteiger partial charge in [-0.15, -0.1) is 23.7 Å². The Balaban J connectivity index is 0.00000264. The number of amides is 1. The standard InChI is InChI=1S/C14H17N3O3S2.ClH/c1-9(10-3-5-11(6-4-10)22(2,19)20)16-14(18)12-8-21-13(7-15)17-12;/h3-6,8-9H,7,15H2,1-2H3,(H,16,18);1H. The third-order valence-corrected chi connectivity index (χ3v) is 5.11. The first kappa shape index (κ1) is 19.6. The summed E-state index contributed by atoms with van der Waals surface area (Å²) >= 11 is 1.34. The van der Waals surface area contributed by atoms with Crippen molar-refractivity contribution in [3.05, 3.63) is 45.9 Å². The number of hydrogen-bond donors (Lipinski definition) is 2. The Morgan fingerprint density at radius 1 is 1.35 bits per heavy atom. The average molecular weight is 376 g/mol. The van der Waals surface area contributed by atoms with Crippen LogP contribution in [0.1, 0.15) is 34.0 Å². The lowest BCUT2D eigenvalue weighted by Crippen LogP contribution is -2.27. The molecule has 0 aliphatic rings. The number of benzene rings is 1. The van der Waals surface area contributed by atoms with Crippen LogP contribution in [0.4, 0.5) is 0 Å². The molecular weight excluding hydrogens is 358 g/mol. The Morgan fingerprint density at radius 3 is 2.43 bits per heavy atom. The minimum absolute atomic E-state index is 0. The van der Waals surface area contributed by atoms with E-state index in [1.54, 1.807) is 17.5 Å². The second-order valence-electron chi connectivity index (χ2n) is 4.87. The van der Waals surface area contributed by atoms with E-state index in [0.717, 1.165) is 11.8 Å². The van der Waals surface area contributed by atoms with Crippen molar-refractivity contribution in [3.63, 3.8) is 0 Å². The number of nitrogens with two attached hydrogens (primary N) is 1. The maximum absolute atomic E-state index is 12.1. The summed E-state index contributed by atoms with van der Waals surface area (Å²) in [5.41, 5.74) is 6.62. The van der Waals surface area contributed by atoms with E-state index in [9.17, 15) is 13.2 Å². The molecule has 1 unspecified atom stereocenters. The van der Waals surface area contributed by atoms with Gasteiger partial charge in [-0.25, -0.2) is 13.4 Å². The number of rotatable bonds is 5. The average Bonchev–Trinajstić information content (AvgIpc) is 2.95. The van der Waals surface area contributed by atoms with Crippen molar-refractivity contribution in [1.82, 2.24) is 10.3 Å². The van der Waals surface area contributed by atoms with E-state index < -0.39 is 9.84 Å². The van der Waals surface area contributed by atoms with Gasteiger partial charge >= 0.3 is 0 Å². The molecule has 0 saturated carbocycles. The molecule has 3 N–H and O–H groups in total. The van der Waals surface area contributed by atoms with Crippen molar-refractivity contribution >= 4 is 39.5 Å². The van der Waals surface area contributed by atoms with Gasteiger partial charge in [0.2, 0.25) is 0 Å². The van der Waals surface area contributed by atoms with Crippen molar-refractivity contribution in [3.8, 4) is 0 Å². The number of carbonyl (C=O) groups is 1. The fourth-order valence-corrected chi connectivity index (χ4v) is 3.15. The number of halogens is 1. The molecule has 1 atom stereocenters. The van der Waals surface area contributed by atoms with Crippen molar-refractivity contribution < 1.29 is 13.2 Å². The fourth-order valence-electron chi connectivity index (χ4n) is 1.87. The molecule has 2 aromatic rings. The number of nitrogens with zero attached hydrogens (tertiary/aromatic N) is 1. The summed E-state index contributed by atoms with van der Waals surface area (Å²) < 4.78 is 22.8. The molecule has 0 bridgehead atoms. The number of aromatic nitrogens is 1. The number of carbonyl (C=O) groups excluding carboxylic acids is 1. The molecule has 0 aliphatic heterocycles. The Labute approximate surface area is 145 Å². The zero-order chi connectivity index (χ0) is 16.3. The molecule has 23 heavy (non-hydrogen) atoms. The summed E-state index contributed by atoms with van der Waals surface area (Å²) in [6.45, 7) is 2.13. The third kappa shape index (κ3) is 5.00. The molecule has 126 valence electrons. The van der Waals surface area contributed by atoms with Gasteiger partial charge < -0.3 is 11.1 Å². The molecule has 1 heterocycles. The normalized spacial score (nSPS) is 12.3. The van der Waals surface area contributed by atoms with Crippen molar-refractivity contribution in [2.45, 2.75) is 24.4 Å². The van der Waals surface area contributed by atoms with Crippen LogP contribution in [0.5, 0.6) is 0 Å². The van der Waals surface area contributed by atoms with E-state index >= 15 is 0 Å². The molecule has 9 heteroatoms. The van der Waals surface area contributed by atoms with Crippen molar-refractivity contribution in [1.29, 1.82) is 0 Å². The van der Waals surface area contributed by atoms with Crippen LogP contribution in [-0.4, -0.2) is 25.6 Å². The van der Waals surface area contributed by atoms with Crippen LogP contribution in [0.15, 0.2) is 34.5 Å². The van der Waals surface area contributed by atoms with Crippen LogP contribution in [0.2, 0.25) is 0 Å². The summed E-state index contributed by atoms with van der Waals surface area (Å²) in [5.74, 6) is -0.282. The highest BCUT2D eigenvalue weighted by Gasteiger charge is 2.15. The van der Waals surface area contributed by atoms with Crippen LogP contribution in [0, 0.1) is 0 Å². The molecule has 0 radical (unpaired) electrons. The van der Waals surface area contributed by atoms with Gasteiger partial charge in [-0.1, -0.05) is 12.1 Å². The second kappa shape index (κ2) is 7.87. The Hall–Kier alpha value is -1.48. The zero-order valence-corrected chi connectivity index (χ0v) is 15.1. The summed E-state index contributed by atoms with van der Waals surface area (Å²) in [6, 6.07) is 6.18. The Bertz CT molecular complexity index is 773. The van der Waals surface area contributed by atoms with Gasteiger partial charge in [0.1, 0.15) is 10.7 Å². The molecule has 0 spiro atoms. The predicted octanol–water partition coefficient (Wildman–Crippen LogP) is 1.92. The molecule has 2 rings (SSSR count). The second-order valence-corrected chi connectivity index (χ2v) is 7.83. The Morgan fingerprint density at radius 2 is 1.96 bits per heavy atom. The van der Waals surface area contributed by atoms with Gasteiger partial charge in [0, 0.05) is 18.2 Å². The predicted molar refractivity (Wildman–Crippen MR) is 92.7 cm³/mol. The fraction of sp³-hybridized carbons (Fsp3) is 0.286. The van der Waals surface area contributed by atoms with Gasteiger partial charge in [-0.3, -0.25) is 4.79 Å². The van der Waals surface area contributed by atoms with E-state index in [-0.39, 0.29) is 29.3 Å². The van der Waals surface area contributed by atoms with E-state index in [1.165, 1.54) is 23.5 Å². The van der Waals surface area contributed by atoms with Gasteiger partial charge in [-0.2, -0.15) is 0 Å². The topological polar surface area (TPSA) is 102 Å². The van der Waals surface area contributed by atoms with E-state index in [2.05, 4.69) is 10.3 Å². The number of thiazole rings is 1. The van der Waals surface area contributed by atoms with Crippen LogP contribution < -0.4 is 11.1 Å². The maximum Gasteiger partial charge on any atom is 0.271 e. The molecule has 0 fully saturated rings.